The molecule has 1 saturated heterocycles. The molecule has 3 rings (SSSR count). The first-order valence-electron chi connectivity index (χ1n) is 7.06. The van der Waals surface area contributed by atoms with Crippen molar-refractivity contribution in [2.24, 2.45) is 0 Å². The van der Waals surface area contributed by atoms with Crippen molar-refractivity contribution in [3.05, 3.63) is 30.0 Å². The van der Waals surface area contributed by atoms with Crippen LogP contribution in [-0.2, 0) is 4.79 Å². The summed E-state index contributed by atoms with van der Waals surface area (Å²) in [7, 11) is 0. The molecular weight excluding hydrogens is 268 g/mol. The lowest BCUT2D eigenvalue weighted by atomic mass is 10.2. The number of aryl methyl sites for hydroxylation is 1. The van der Waals surface area contributed by atoms with E-state index in [4.69, 9.17) is 10.1 Å². The van der Waals surface area contributed by atoms with Crippen molar-refractivity contribution >= 4 is 22.8 Å². The molecule has 0 bridgehead atoms. The molecule has 1 aromatic carbocycles. The van der Waals surface area contributed by atoms with Gasteiger partial charge in [-0.25, -0.2) is 9.97 Å². The van der Waals surface area contributed by atoms with Crippen molar-refractivity contribution in [1.82, 2.24) is 14.9 Å². The molecule has 1 aromatic heterocycles. The predicted octanol–water partition coefficient (Wildman–Crippen LogP) is 0.579. The van der Waals surface area contributed by atoms with Crippen molar-refractivity contribution in [3.8, 4) is 0 Å². The fourth-order valence-corrected chi connectivity index (χ4v) is 2.65. The number of carbonyl (C=O) groups is 1. The summed E-state index contributed by atoms with van der Waals surface area (Å²) in [6, 6.07) is 7.82. The Morgan fingerprint density at radius 2 is 1.76 bits per heavy atom. The molecule has 0 unspecified atom stereocenters. The highest BCUT2D eigenvalue weighted by Gasteiger charge is 2.22. The molecule has 1 aliphatic rings. The molecule has 2 heterocycles. The van der Waals surface area contributed by atoms with E-state index in [0.717, 1.165) is 22.5 Å². The number of aliphatic hydroxyl groups is 1. The van der Waals surface area contributed by atoms with Crippen LogP contribution in [0.25, 0.3) is 11.0 Å². The third-order valence-electron chi connectivity index (χ3n) is 3.79. The van der Waals surface area contributed by atoms with Gasteiger partial charge in [-0.1, -0.05) is 12.1 Å². The summed E-state index contributed by atoms with van der Waals surface area (Å²) in [4.78, 5) is 24.6. The second kappa shape index (κ2) is 5.65. The van der Waals surface area contributed by atoms with E-state index in [0.29, 0.717) is 26.2 Å². The van der Waals surface area contributed by atoms with Crippen LogP contribution in [0.15, 0.2) is 24.3 Å². The summed E-state index contributed by atoms with van der Waals surface area (Å²) >= 11 is 0. The van der Waals surface area contributed by atoms with E-state index in [1.165, 1.54) is 0 Å². The van der Waals surface area contributed by atoms with Gasteiger partial charge >= 0.3 is 0 Å². The quantitative estimate of drug-likeness (QED) is 0.874. The van der Waals surface area contributed by atoms with E-state index in [2.05, 4.69) is 9.88 Å². The van der Waals surface area contributed by atoms with Crippen LogP contribution in [0.5, 0.6) is 0 Å². The highest BCUT2D eigenvalue weighted by molar-refractivity contribution is 5.78. The fourth-order valence-electron chi connectivity index (χ4n) is 2.65. The number of carbonyl (C=O) groups excluding carboxylic acids is 1. The molecule has 110 valence electrons. The lowest BCUT2D eigenvalue weighted by Crippen LogP contribution is -2.50. The van der Waals surface area contributed by atoms with E-state index in [9.17, 15) is 4.79 Å². The molecule has 1 amide bonds. The summed E-state index contributed by atoms with van der Waals surface area (Å²) in [6.45, 7) is 4.16. The molecule has 0 spiro atoms. The van der Waals surface area contributed by atoms with Crippen LogP contribution in [0.3, 0.4) is 0 Å². The number of para-hydroxylation sites is 2. The van der Waals surface area contributed by atoms with Gasteiger partial charge in [0, 0.05) is 26.2 Å². The average Bonchev–Trinajstić information content (AvgIpc) is 2.53. The number of benzene rings is 1. The summed E-state index contributed by atoms with van der Waals surface area (Å²) in [6.07, 6.45) is 0. The largest absolute Gasteiger partial charge is 0.387 e. The number of nitrogens with zero attached hydrogens (tertiary/aromatic N) is 4. The molecule has 1 aliphatic heterocycles. The van der Waals surface area contributed by atoms with Crippen LogP contribution < -0.4 is 4.90 Å². The second-order valence-electron chi connectivity index (χ2n) is 5.15. The van der Waals surface area contributed by atoms with Crippen molar-refractivity contribution in [1.29, 1.82) is 0 Å². The number of aromatic nitrogens is 2. The Bertz CT molecular complexity index is 666. The van der Waals surface area contributed by atoms with Gasteiger partial charge < -0.3 is 14.9 Å². The molecule has 6 nitrogen and oxygen atoms in total. The number of anilines is 1. The maximum absolute atomic E-state index is 11.5. The highest BCUT2D eigenvalue weighted by atomic mass is 16.3. The van der Waals surface area contributed by atoms with Crippen LogP contribution in [0.2, 0.25) is 0 Å². The second-order valence-corrected chi connectivity index (χ2v) is 5.15. The first kappa shape index (κ1) is 13.8. The average molecular weight is 286 g/mol. The highest BCUT2D eigenvalue weighted by Crippen LogP contribution is 2.21. The van der Waals surface area contributed by atoms with Crippen molar-refractivity contribution in [2.75, 3.05) is 37.7 Å². The Hall–Kier alpha value is -2.21. The Kier molecular flexibility index (Phi) is 3.70. The van der Waals surface area contributed by atoms with E-state index in [1.54, 1.807) is 4.90 Å². The van der Waals surface area contributed by atoms with E-state index in [-0.39, 0.29) is 5.91 Å². The van der Waals surface area contributed by atoms with Crippen LogP contribution in [0, 0.1) is 6.92 Å². The first-order chi connectivity index (χ1) is 10.2. The summed E-state index contributed by atoms with van der Waals surface area (Å²) < 4.78 is 0. The Balaban J connectivity index is 1.82. The lowest BCUT2D eigenvalue weighted by molar-refractivity contribution is -0.134. The smallest absolute Gasteiger partial charge is 0.248 e. The zero-order valence-corrected chi connectivity index (χ0v) is 12.0. The van der Waals surface area contributed by atoms with Gasteiger partial charge in [-0.2, -0.15) is 0 Å². The topological polar surface area (TPSA) is 69.6 Å². The van der Waals surface area contributed by atoms with Crippen LogP contribution in [0.1, 0.15) is 5.69 Å². The van der Waals surface area contributed by atoms with Gasteiger partial charge in [-0.15, -0.1) is 0 Å². The van der Waals surface area contributed by atoms with Crippen molar-refractivity contribution < 1.29 is 9.90 Å². The molecule has 1 fully saturated rings. The van der Waals surface area contributed by atoms with Gasteiger partial charge in [0.15, 0.2) is 5.82 Å². The SMILES string of the molecule is Cc1nc2ccccc2nc1N1CCN(C(=O)CO)CC1. The number of aliphatic hydroxyl groups excluding tert-OH is 1. The van der Waals surface area contributed by atoms with Crippen molar-refractivity contribution in [2.45, 2.75) is 6.92 Å². The zero-order chi connectivity index (χ0) is 14.8. The molecule has 21 heavy (non-hydrogen) atoms. The molecule has 0 saturated carbocycles. The predicted molar refractivity (Wildman–Crippen MR) is 80.2 cm³/mol. The lowest BCUT2D eigenvalue weighted by Gasteiger charge is -2.35. The molecule has 6 heteroatoms. The Labute approximate surface area is 123 Å². The van der Waals surface area contributed by atoms with Gasteiger partial charge in [-0.3, -0.25) is 4.79 Å². The number of piperazine rings is 1. The molecule has 0 aliphatic carbocycles. The van der Waals surface area contributed by atoms with E-state index in [1.807, 2.05) is 31.2 Å². The number of fused-ring (bicyclic) bond motifs is 1. The van der Waals surface area contributed by atoms with Crippen LogP contribution >= 0.6 is 0 Å². The molecular formula is C15H18N4O2. The molecule has 0 atom stereocenters. The maximum Gasteiger partial charge on any atom is 0.248 e. The minimum Gasteiger partial charge on any atom is -0.387 e. The van der Waals surface area contributed by atoms with Gasteiger partial charge in [-0.05, 0) is 19.1 Å². The minimum atomic E-state index is -0.422. The zero-order valence-electron chi connectivity index (χ0n) is 12.0. The molecule has 2 aromatic rings. The number of amides is 1. The van der Waals surface area contributed by atoms with E-state index >= 15 is 0 Å². The third-order valence-corrected chi connectivity index (χ3v) is 3.79. The normalized spacial score (nSPS) is 15.5. The van der Waals surface area contributed by atoms with Crippen LogP contribution in [-0.4, -0.2) is 58.7 Å². The van der Waals surface area contributed by atoms with Gasteiger partial charge in [0.25, 0.3) is 0 Å². The van der Waals surface area contributed by atoms with Gasteiger partial charge in [0.1, 0.15) is 6.61 Å². The number of hydrogen-bond donors (Lipinski definition) is 1. The third kappa shape index (κ3) is 2.67. The monoisotopic (exact) mass is 286 g/mol. The van der Waals surface area contributed by atoms with E-state index < -0.39 is 6.61 Å². The molecule has 1 N–H and O–H groups in total. The Morgan fingerprint density at radius 1 is 1.14 bits per heavy atom. The molecule has 0 radical (unpaired) electrons. The van der Waals surface area contributed by atoms with Gasteiger partial charge in [0.2, 0.25) is 5.91 Å². The number of hydrogen-bond acceptors (Lipinski definition) is 5. The standard InChI is InChI=1S/C15H18N4O2/c1-11-15(17-13-5-3-2-4-12(13)16-11)19-8-6-18(7-9-19)14(21)10-20/h2-5,20H,6-10H2,1H3. The number of rotatable bonds is 2. The Morgan fingerprint density at radius 3 is 2.38 bits per heavy atom. The van der Waals surface area contributed by atoms with Crippen molar-refractivity contribution in [3.63, 3.8) is 0 Å². The first-order valence-corrected chi connectivity index (χ1v) is 7.06. The van der Waals surface area contributed by atoms with Gasteiger partial charge in [0.05, 0.1) is 16.7 Å². The summed E-state index contributed by atoms with van der Waals surface area (Å²) in [5.41, 5.74) is 2.68. The fraction of sp³-hybridized carbons (Fsp3) is 0.400. The maximum atomic E-state index is 11.5. The summed E-state index contributed by atoms with van der Waals surface area (Å²) in [5.74, 6) is 0.667. The van der Waals surface area contributed by atoms with Crippen LogP contribution in [0.4, 0.5) is 5.82 Å². The summed E-state index contributed by atoms with van der Waals surface area (Å²) in [5, 5.41) is 8.91. The minimum absolute atomic E-state index is 0.212.